The van der Waals surface area contributed by atoms with Gasteiger partial charge in [-0.15, -0.1) is 0 Å². The Morgan fingerprint density at radius 1 is 1.47 bits per heavy atom. The van der Waals surface area contributed by atoms with E-state index < -0.39 is 0 Å². The Morgan fingerprint density at radius 2 is 2.20 bits per heavy atom. The predicted molar refractivity (Wildman–Crippen MR) is 58.9 cm³/mol. The lowest BCUT2D eigenvalue weighted by molar-refractivity contribution is 0.00913. The van der Waals surface area contributed by atoms with E-state index in [9.17, 15) is 4.79 Å². The van der Waals surface area contributed by atoms with Crippen LogP contribution in [0.25, 0.3) is 0 Å². The Kier molecular flexibility index (Phi) is 2.82. The van der Waals surface area contributed by atoms with Crippen molar-refractivity contribution in [3.05, 3.63) is 28.8 Å². The molecule has 15 heavy (non-hydrogen) atoms. The zero-order valence-corrected chi connectivity index (χ0v) is 8.96. The van der Waals surface area contributed by atoms with Crippen molar-refractivity contribution >= 4 is 23.3 Å². The molecule has 1 aliphatic rings. The first-order valence-electron chi connectivity index (χ1n) is 4.93. The van der Waals surface area contributed by atoms with E-state index in [0.29, 0.717) is 16.3 Å². The Hall–Kier alpha value is -1.22. The summed E-state index contributed by atoms with van der Waals surface area (Å²) in [6.07, 6.45) is 3.09. The third kappa shape index (κ3) is 2.07. The van der Waals surface area contributed by atoms with Crippen molar-refractivity contribution in [1.29, 1.82) is 0 Å². The number of para-hydroxylation sites is 1. The van der Waals surface area contributed by atoms with E-state index in [0.717, 1.165) is 19.3 Å². The zero-order valence-electron chi connectivity index (χ0n) is 8.20. The van der Waals surface area contributed by atoms with Gasteiger partial charge in [0, 0.05) is 0 Å². The highest BCUT2D eigenvalue weighted by Crippen LogP contribution is 2.27. The van der Waals surface area contributed by atoms with Gasteiger partial charge in [-0.05, 0) is 31.4 Å². The van der Waals surface area contributed by atoms with Crippen molar-refractivity contribution in [1.82, 2.24) is 0 Å². The molecule has 3 nitrogen and oxygen atoms in total. The lowest BCUT2D eigenvalue weighted by atomic mass is 9.96. The molecule has 0 radical (unpaired) electrons. The summed E-state index contributed by atoms with van der Waals surface area (Å²) >= 11 is 5.81. The molecule has 0 unspecified atom stereocenters. The highest BCUT2D eigenvalue weighted by atomic mass is 35.5. The summed E-state index contributed by atoms with van der Waals surface area (Å²) in [6, 6.07) is 4.97. The lowest BCUT2D eigenvalue weighted by Gasteiger charge is -2.25. The number of carbonyl (C=O) groups is 1. The molecule has 0 heterocycles. The minimum atomic E-state index is -0.375. The van der Waals surface area contributed by atoms with Gasteiger partial charge in [-0.2, -0.15) is 0 Å². The molecule has 1 aromatic rings. The zero-order chi connectivity index (χ0) is 10.8. The van der Waals surface area contributed by atoms with Crippen LogP contribution in [0, 0.1) is 0 Å². The third-order valence-electron chi connectivity index (χ3n) is 2.60. The number of benzene rings is 1. The highest BCUT2D eigenvalue weighted by Gasteiger charge is 2.23. The Bertz CT molecular complexity index is 388. The van der Waals surface area contributed by atoms with Crippen molar-refractivity contribution < 1.29 is 9.53 Å². The number of ether oxygens (including phenoxy) is 1. The number of carbonyl (C=O) groups excluding carboxylic acids is 1. The van der Waals surface area contributed by atoms with Gasteiger partial charge in [0.25, 0.3) is 0 Å². The monoisotopic (exact) mass is 225 g/mol. The van der Waals surface area contributed by atoms with Crippen LogP contribution in [0.4, 0.5) is 5.69 Å². The average molecular weight is 226 g/mol. The van der Waals surface area contributed by atoms with Gasteiger partial charge in [0.05, 0.1) is 16.3 Å². The van der Waals surface area contributed by atoms with Crippen molar-refractivity contribution in [2.75, 3.05) is 5.73 Å². The van der Waals surface area contributed by atoms with Crippen LogP contribution in [0.2, 0.25) is 5.02 Å². The Morgan fingerprint density at radius 3 is 2.80 bits per heavy atom. The van der Waals surface area contributed by atoms with Crippen LogP contribution in [0.3, 0.4) is 0 Å². The molecule has 0 aliphatic heterocycles. The van der Waals surface area contributed by atoms with Crippen LogP contribution in [0.1, 0.15) is 29.6 Å². The van der Waals surface area contributed by atoms with Crippen LogP contribution < -0.4 is 5.73 Å². The fourth-order valence-electron chi connectivity index (χ4n) is 1.42. The molecule has 0 spiro atoms. The number of hydrogen-bond donors (Lipinski definition) is 1. The SMILES string of the molecule is Nc1c(Cl)cccc1C(=O)OC1CCC1. The largest absolute Gasteiger partial charge is 0.459 e. The second-order valence-corrected chi connectivity index (χ2v) is 4.07. The summed E-state index contributed by atoms with van der Waals surface area (Å²) in [4.78, 5) is 11.7. The molecule has 80 valence electrons. The van der Waals surface area contributed by atoms with Gasteiger partial charge in [0.2, 0.25) is 0 Å². The van der Waals surface area contributed by atoms with E-state index >= 15 is 0 Å². The predicted octanol–water partition coefficient (Wildman–Crippen LogP) is 2.63. The average Bonchev–Trinajstić information content (AvgIpc) is 2.15. The maximum Gasteiger partial charge on any atom is 0.340 e. The minimum Gasteiger partial charge on any atom is -0.459 e. The van der Waals surface area contributed by atoms with Gasteiger partial charge in [-0.25, -0.2) is 4.79 Å². The normalized spacial score (nSPS) is 15.8. The topological polar surface area (TPSA) is 52.3 Å². The summed E-state index contributed by atoms with van der Waals surface area (Å²) in [5.74, 6) is -0.375. The maximum atomic E-state index is 11.7. The fourth-order valence-corrected chi connectivity index (χ4v) is 1.59. The molecule has 1 aromatic carbocycles. The van der Waals surface area contributed by atoms with Gasteiger partial charge in [-0.1, -0.05) is 17.7 Å². The molecule has 0 saturated heterocycles. The first-order valence-corrected chi connectivity index (χ1v) is 5.31. The van der Waals surface area contributed by atoms with Gasteiger partial charge in [0.15, 0.2) is 0 Å². The molecular weight excluding hydrogens is 214 g/mol. The van der Waals surface area contributed by atoms with Gasteiger partial charge in [-0.3, -0.25) is 0 Å². The molecule has 0 bridgehead atoms. The maximum absolute atomic E-state index is 11.7. The number of nitrogens with two attached hydrogens (primary N) is 1. The first kappa shape index (κ1) is 10.3. The van der Waals surface area contributed by atoms with Crippen LogP contribution in [0.15, 0.2) is 18.2 Å². The summed E-state index contributed by atoms with van der Waals surface area (Å²) in [7, 11) is 0. The van der Waals surface area contributed by atoms with E-state index in [1.807, 2.05) is 0 Å². The molecular formula is C11H12ClNO2. The number of rotatable bonds is 2. The van der Waals surface area contributed by atoms with Crippen molar-refractivity contribution in [3.8, 4) is 0 Å². The standard InChI is InChI=1S/C11H12ClNO2/c12-9-6-2-5-8(10(9)13)11(14)15-7-3-1-4-7/h2,5-7H,1,3-4,13H2. The number of nitrogen functional groups attached to an aromatic ring is 1. The van der Waals surface area contributed by atoms with E-state index in [-0.39, 0.29) is 12.1 Å². The molecule has 1 saturated carbocycles. The van der Waals surface area contributed by atoms with Crippen LogP contribution >= 0.6 is 11.6 Å². The second-order valence-electron chi connectivity index (χ2n) is 3.66. The van der Waals surface area contributed by atoms with Crippen LogP contribution in [0.5, 0.6) is 0 Å². The van der Waals surface area contributed by atoms with Crippen molar-refractivity contribution in [2.45, 2.75) is 25.4 Å². The number of esters is 1. The smallest absolute Gasteiger partial charge is 0.340 e. The Balaban J connectivity index is 2.13. The summed E-state index contributed by atoms with van der Waals surface area (Å²) in [6.45, 7) is 0. The molecule has 0 amide bonds. The van der Waals surface area contributed by atoms with E-state index in [1.165, 1.54) is 0 Å². The van der Waals surface area contributed by atoms with Gasteiger partial charge in [0.1, 0.15) is 6.10 Å². The molecule has 2 rings (SSSR count). The van der Waals surface area contributed by atoms with Gasteiger partial charge >= 0.3 is 5.97 Å². The number of halogens is 1. The summed E-state index contributed by atoms with van der Waals surface area (Å²) in [5, 5.41) is 0.387. The number of anilines is 1. The minimum absolute atomic E-state index is 0.0656. The molecule has 1 fully saturated rings. The lowest BCUT2D eigenvalue weighted by Crippen LogP contribution is -2.25. The summed E-state index contributed by atoms with van der Waals surface area (Å²) in [5.41, 5.74) is 6.34. The molecule has 0 aromatic heterocycles. The van der Waals surface area contributed by atoms with E-state index in [1.54, 1.807) is 18.2 Å². The third-order valence-corrected chi connectivity index (χ3v) is 2.93. The summed E-state index contributed by atoms with van der Waals surface area (Å²) < 4.78 is 5.23. The fraction of sp³-hybridized carbons (Fsp3) is 0.364. The van der Waals surface area contributed by atoms with E-state index in [4.69, 9.17) is 22.1 Å². The highest BCUT2D eigenvalue weighted by molar-refractivity contribution is 6.33. The molecule has 2 N–H and O–H groups in total. The quantitative estimate of drug-likeness (QED) is 0.622. The first-order chi connectivity index (χ1) is 7.18. The Labute approximate surface area is 93.2 Å². The van der Waals surface area contributed by atoms with E-state index in [2.05, 4.69) is 0 Å². The van der Waals surface area contributed by atoms with Crippen LogP contribution in [-0.4, -0.2) is 12.1 Å². The molecule has 1 aliphatic carbocycles. The number of hydrogen-bond acceptors (Lipinski definition) is 3. The molecule has 4 heteroatoms. The molecule has 0 atom stereocenters. The van der Waals surface area contributed by atoms with Crippen molar-refractivity contribution in [2.24, 2.45) is 0 Å². The van der Waals surface area contributed by atoms with Gasteiger partial charge < -0.3 is 10.5 Å². The van der Waals surface area contributed by atoms with Crippen LogP contribution in [-0.2, 0) is 4.74 Å². The van der Waals surface area contributed by atoms with Crippen molar-refractivity contribution in [3.63, 3.8) is 0 Å². The second kappa shape index (κ2) is 4.11.